The fourth-order valence-electron chi connectivity index (χ4n) is 2.28. The first-order valence-corrected chi connectivity index (χ1v) is 6.08. The van der Waals surface area contributed by atoms with E-state index in [4.69, 9.17) is 5.73 Å². The first-order valence-electron chi connectivity index (χ1n) is 6.08. The van der Waals surface area contributed by atoms with Crippen molar-refractivity contribution >= 4 is 5.82 Å². The van der Waals surface area contributed by atoms with E-state index in [1.807, 2.05) is 19.1 Å². The van der Waals surface area contributed by atoms with E-state index in [0.29, 0.717) is 0 Å². The average molecular weight is 244 g/mol. The standard InChI is InChI=1S/C12H16N6/c1-9(13)10-3-2-4-14-12(10)17-5-6-18-8-15-16-11(18)7-17/h2-4,8-9H,5-7,13H2,1H3/t9-/m1/s1. The lowest BCUT2D eigenvalue weighted by Gasteiger charge is -2.30. The van der Waals surface area contributed by atoms with Gasteiger partial charge in [-0.3, -0.25) is 0 Å². The number of fused-ring (bicyclic) bond motifs is 1. The Hall–Kier alpha value is -1.95. The summed E-state index contributed by atoms with van der Waals surface area (Å²) < 4.78 is 2.07. The molecule has 94 valence electrons. The lowest BCUT2D eigenvalue weighted by atomic mass is 10.1. The molecule has 0 saturated heterocycles. The minimum atomic E-state index is -0.0199. The molecule has 0 fully saturated rings. The molecule has 6 heteroatoms. The van der Waals surface area contributed by atoms with Crippen LogP contribution in [0.5, 0.6) is 0 Å². The van der Waals surface area contributed by atoms with Gasteiger partial charge in [0.05, 0.1) is 6.54 Å². The van der Waals surface area contributed by atoms with E-state index in [2.05, 4.69) is 24.6 Å². The highest BCUT2D eigenvalue weighted by Gasteiger charge is 2.21. The zero-order valence-corrected chi connectivity index (χ0v) is 10.3. The van der Waals surface area contributed by atoms with Gasteiger partial charge in [-0.25, -0.2) is 4.98 Å². The average Bonchev–Trinajstić information content (AvgIpc) is 2.85. The fourth-order valence-corrected chi connectivity index (χ4v) is 2.28. The van der Waals surface area contributed by atoms with Gasteiger partial charge in [-0.05, 0) is 13.0 Å². The van der Waals surface area contributed by atoms with Crippen LogP contribution in [0.15, 0.2) is 24.7 Å². The van der Waals surface area contributed by atoms with Crippen LogP contribution in [0.4, 0.5) is 5.82 Å². The highest BCUT2D eigenvalue weighted by Crippen LogP contribution is 2.25. The molecule has 3 heterocycles. The van der Waals surface area contributed by atoms with Crippen molar-refractivity contribution in [3.63, 3.8) is 0 Å². The fraction of sp³-hybridized carbons (Fsp3) is 0.417. The topological polar surface area (TPSA) is 72.9 Å². The first-order chi connectivity index (χ1) is 8.75. The van der Waals surface area contributed by atoms with Gasteiger partial charge in [0.15, 0.2) is 5.82 Å². The Morgan fingerprint density at radius 1 is 1.39 bits per heavy atom. The van der Waals surface area contributed by atoms with Crippen molar-refractivity contribution in [2.24, 2.45) is 5.73 Å². The Morgan fingerprint density at radius 3 is 3.11 bits per heavy atom. The first kappa shape index (κ1) is 11.2. The van der Waals surface area contributed by atoms with E-state index in [1.54, 1.807) is 12.5 Å². The summed E-state index contributed by atoms with van der Waals surface area (Å²) in [6.45, 7) is 4.50. The molecule has 0 aliphatic carbocycles. The molecular weight excluding hydrogens is 228 g/mol. The van der Waals surface area contributed by atoms with Crippen molar-refractivity contribution in [2.45, 2.75) is 26.1 Å². The Morgan fingerprint density at radius 2 is 2.28 bits per heavy atom. The summed E-state index contributed by atoms with van der Waals surface area (Å²) in [5.41, 5.74) is 7.07. The summed E-state index contributed by atoms with van der Waals surface area (Å²) in [4.78, 5) is 6.68. The molecule has 18 heavy (non-hydrogen) atoms. The van der Waals surface area contributed by atoms with Crippen molar-refractivity contribution in [1.29, 1.82) is 0 Å². The predicted molar refractivity (Wildman–Crippen MR) is 67.9 cm³/mol. The Labute approximate surface area is 105 Å². The van der Waals surface area contributed by atoms with E-state index in [0.717, 1.165) is 36.8 Å². The summed E-state index contributed by atoms with van der Waals surface area (Å²) >= 11 is 0. The molecule has 0 aromatic carbocycles. The second-order valence-corrected chi connectivity index (χ2v) is 4.57. The summed E-state index contributed by atoms with van der Waals surface area (Å²) in [6, 6.07) is 3.94. The third kappa shape index (κ3) is 1.84. The Balaban J connectivity index is 1.93. The number of aromatic nitrogens is 4. The summed E-state index contributed by atoms with van der Waals surface area (Å²) in [5.74, 6) is 1.93. The van der Waals surface area contributed by atoms with E-state index in [1.165, 1.54) is 0 Å². The van der Waals surface area contributed by atoms with Gasteiger partial charge in [-0.15, -0.1) is 10.2 Å². The van der Waals surface area contributed by atoms with Crippen molar-refractivity contribution in [3.05, 3.63) is 36.0 Å². The lowest BCUT2D eigenvalue weighted by molar-refractivity contribution is 0.553. The molecule has 6 nitrogen and oxygen atoms in total. The van der Waals surface area contributed by atoms with Crippen LogP contribution in [0.1, 0.15) is 24.4 Å². The molecule has 0 spiro atoms. The molecule has 1 aliphatic heterocycles. The number of pyridine rings is 1. The van der Waals surface area contributed by atoms with Crippen LogP contribution in [-0.4, -0.2) is 26.3 Å². The molecule has 0 saturated carbocycles. The van der Waals surface area contributed by atoms with E-state index in [9.17, 15) is 0 Å². The SMILES string of the molecule is C[C@@H](N)c1cccnc1N1CCn2cnnc2C1. The van der Waals surface area contributed by atoms with Crippen LogP contribution in [-0.2, 0) is 13.1 Å². The van der Waals surface area contributed by atoms with Gasteiger partial charge >= 0.3 is 0 Å². The van der Waals surface area contributed by atoms with Crippen molar-refractivity contribution in [1.82, 2.24) is 19.7 Å². The molecule has 2 aromatic rings. The summed E-state index contributed by atoms with van der Waals surface area (Å²) in [6.07, 6.45) is 3.58. The Bertz CT molecular complexity index is 547. The van der Waals surface area contributed by atoms with E-state index < -0.39 is 0 Å². The molecule has 0 radical (unpaired) electrons. The molecular formula is C12H16N6. The van der Waals surface area contributed by atoms with Crippen molar-refractivity contribution in [2.75, 3.05) is 11.4 Å². The predicted octanol–water partition coefficient (Wildman–Crippen LogP) is 0.713. The van der Waals surface area contributed by atoms with Gasteiger partial charge < -0.3 is 15.2 Å². The van der Waals surface area contributed by atoms with Crippen LogP contribution < -0.4 is 10.6 Å². The molecule has 0 unspecified atom stereocenters. The minimum absolute atomic E-state index is 0.0199. The van der Waals surface area contributed by atoms with Gasteiger partial charge in [0.25, 0.3) is 0 Å². The third-order valence-electron chi connectivity index (χ3n) is 3.25. The smallest absolute Gasteiger partial charge is 0.152 e. The number of nitrogens with two attached hydrogens (primary N) is 1. The Kier molecular flexibility index (Phi) is 2.71. The summed E-state index contributed by atoms with van der Waals surface area (Å²) in [5, 5.41) is 8.05. The molecule has 2 aromatic heterocycles. The van der Waals surface area contributed by atoms with E-state index >= 15 is 0 Å². The molecule has 0 amide bonds. The second kappa shape index (κ2) is 4.38. The number of anilines is 1. The van der Waals surface area contributed by atoms with Crippen LogP contribution in [0.3, 0.4) is 0 Å². The largest absolute Gasteiger partial charge is 0.347 e. The maximum atomic E-state index is 6.00. The monoisotopic (exact) mass is 244 g/mol. The molecule has 1 aliphatic rings. The van der Waals surface area contributed by atoms with Gasteiger partial charge in [-0.2, -0.15) is 0 Å². The van der Waals surface area contributed by atoms with Crippen LogP contribution in [0.25, 0.3) is 0 Å². The van der Waals surface area contributed by atoms with Gasteiger partial charge in [-0.1, -0.05) is 6.07 Å². The number of nitrogens with zero attached hydrogens (tertiary/aromatic N) is 5. The van der Waals surface area contributed by atoms with Crippen molar-refractivity contribution < 1.29 is 0 Å². The maximum absolute atomic E-state index is 6.00. The van der Waals surface area contributed by atoms with Crippen molar-refractivity contribution in [3.8, 4) is 0 Å². The van der Waals surface area contributed by atoms with Crippen LogP contribution in [0, 0.1) is 0 Å². The third-order valence-corrected chi connectivity index (χ3v) is 3.25. The van der Waals surface area contributed by atoms with Gasteiger partial charge in [0.1, 0.15) is 12.1 Å². The van der Waals surface area contributed by atoms with Crippen LogP contribution >= 0.6 is 0 Å². The number of hydrogen-bond donors (Lipinski definition) is 1. The van der Waals surface area contributed by atoms with E-state index in [-0.39, 0.29) is 6.04 Å². The molecule has 2 N–H and O–H groups in total. The molecule has 0 bridgehead atoms. The molecule has 1 atom stereocenters. The minimum Gasteiger partial charge on any atom is -0.347 e. The van der Waals surface area contributed by atoms with Gasteiger partial charge in [0.2, 0.25) is 0 Å². The summed E-state index contributed by atoms with van der Waals surface area (Å²) in [7, 11) is 0. The zero-order chi connectivity index (χ0) is 12.5. The zero-order valence-electron chi connectivity index (χ0n) is 10.3. The highest BCUT2D eigenvalue weighted by atomic mass is 15.3. The van der Waals surface area contributed by atoms with Gasteiger partial charge in [0, 0.05) is 30.9 Å². The lowest BCUT2D eigenvalue weighted by Crippen LogP contribution is -2.35. The van der Waals surface area contributed by atoms with Crippen LogP contribution in [0.2, 0.25) is 0 Å². The second-order valence-electron chi connectivity index (χ2n) is 4.57. The highest BCUT2D eigenvalue weighted by molar-refractivity contribution is 5.48. The normalized spacial score (nSPS) is 16.4. The quantitative estimate of drug-likeness (QED) is 0.842. The number of rotatable bonds is 2. The number of hydrogen-bond acceptors (Lipinski definition) is 5. The maximum Gasteiger partial charge on any atom is 0.152 e. The molecule has 3 rings (SSSR count).